The number of hydrogen-bond acceptors (Lipinski definition) is 1. The molecular weight excluding hydrogens is 176 g/mol. The molecule has 0 aromatic carbocycles. The molecule has 1 rings (SSSR count). The summed E-state index contributed by atoms with van der Waals surface area (Å²) in [5.74, 6) is -0.00387. The van der Waals surface area contributed by atoms with Crippen LogP contribution in [0, 0.1) is 17.8 Å². The van der Waals surface area contributed by atoms with Crippen molar-refractivity contribution in [1.82, 2.24) is 0 Å². The van der Waals surface area contributed by atoms with Gasteiger partial charge in [-0.25, -0.2) is 0 Å². The number of rotatable bonds is 3. The minimum absolute atomic E-state index is 0.201. The van der Waals surface area contributed by atoms with Gasteiger partial charge in [-0.15, -0.1) is 0 Å². The lowest BCUT2D eigenvalue weighted by Crippen LogP contribution is -2.23. The van der Waals surface area contributed by atoms with Crippen LogP contribution in [0.2, 0.25) is 0 Å². The topological polar surface area (TPSA) is 37.3 Å². The Balaban J connectivity index is 2.74. The van der Waals surface area contributed by atoms with Gasteiger partial charge in [-0.3, -0.25) is 4.79 Å². The zero-order valence-corrected chi connectivity index (χ0v) is 9.29. The number of carbonyl (C=O) groups is 1. The number of hydrogen-bond donors (Lipinski definition) is 1. The summed E-state index contributed by atoms with van der Waals surface area (Å²) in [6, 6.07) is 0. The Morgan fingerprint density at radius 3 is 2.57 bits per heavy atom. The van der Waals surface area contributed by atoms with E-state index in [9.17, 15) is 4.79 Å². The predicted octanol–water partition coefficient (Wildman–Crippen LogP) is 3.09. The summed E-state index contributed by atoms with van der Waals surface area (Å²) in [4.78, 5) is 11.1. The van der Waals surface area contributed by atoms with Crippen LogP contribution in [-0.2, 0) is 4.79 Å². The van der Waals surface area contributed by atoms with Crippen LogP contribution in [0.3, 0.4) is 0 Å². The average molecular weight is 196 g/mol. The van der Waals surface area contributed by atoms with E-state index in [2.05, 4.69) is 13.0 Å². The van der Waals surface area contributed by atoms with E-state index in [1.165, 1.54) is 0 Å². The Morgan fingerprint density at radius 1 is 1.57 bits per heavy atom. The molecule has 0 bridgehead atoms. The molecule has 0 fully saturated rings. The van der Waals surface area contributed by atoms with Gasteiger partial charge in [0.05, 0.1) is 5.92 Å². The van der Waals surface area contributed by atoms with Gasteiger partial charge in [0.2, 0.25) is 0 Å². The Bertz CT molecular complexity index is 241. The van der Waals surface area contributed by atoms with Crippen LogP contribution in [0.1, 0.15) is 40.0 Å². The fourth-order valence-electron chi connectivity index (χ4n) is 2.14. The largest absolute Gasteiger partial charge is 0.481 e. The van der Waals surface area contributed by atoms with Crippen molar-refractivity contribution in [2.45, 2.75) is 40.0 Å². The SMILES string of the molecule is CC1CC=C(C(C(=O)O)C(C)C)CC1. The number of allylic oxidation sites excluding steroid dienone is 1. The third-order valence-electron chi connectivity index (χ3n) is 3.04. The van der Waals surface area contributed by atoms with Crippen LogP contribution in [0.15, 0.2) is 11.6 Å². The normalized spacial score (nSPS) is 24.6. The Kier molecular flexibility index (Phi) is 3.73. The Hall–Kier alpha value is -0.790. The highest BCUT2D eigenvalue weighted by atomic mass is 16.4. The monoisotopic (exact) mass is 196 g/mol. The number of carboxylic acids is 1. The van der Waals surface area contributed by atoms with Crippen molar-refractivity contribution in [2.75, 3.05) is 0 Å². The molecule has 14 heavy (non-hydrogen) atoms. The van der Waals surface area contributed by atoms with Gasteiger partial charge in [0.1, 0.15) is 0 Å². The molecule has 0 heterocycles. The van der Waals surface area contributed by atoms with E-state index >= 15 is 0 Å². The van der Waals surface area contributed by atoms with Crippen molar-refractivity contribution in [1.29, 1.82) is 0 Å². The van der Waals surface area contributed by atoms with Gasteiger partial charge < -0.3 is 5.11 Å². The zero-order chi connectivity index (χ0) is 10.7. The summed E-state index contributed by atoms with van der Waals surface area (Å²) >= 11 is 0. The van der Waals surface area contributed by atoms with Gasteiger partial charge in [-0.05, 0) is 31.1 Å². The van der Waals surface area contributed by atoms with Crippen molar-refractivity contribution >= 4 is 5.97 Å². The van der Waals surface area contributed by atoms with Gasteiger partial charge in [-0.2, -0.15) is 0 Å². The second-order valence-electron chi connectivity index (χ2n) is 4.72. The molecule has 2 nitrogen and oxygen atoms in total. The standard InChI is InChI=1S/C12H20O2/c1-8(2)11(12(13)14)10-6-4-9(3)5-7-10/h6,8-9,11H,4-5,7H2,1-3H3,(H,13,14). The highest BCUT2D eigenvalue weighted by Crippen LogP contribution is 2.31. The minimum atomic E-state index is -0.666. The maximum absolute atomic E-state index is 11.1. The molecule has 80 valence electrons. The van der Waals surface area contributed by atoms with E-state index in [0.717, 1.165) is 30.8 Å². The maximum atomic E-state index is 11.1. The van der Waals surface area contributed by atoms with Crippen molar-refractivity contribution < 1.29 is 9.90 Å². The summed E-state index contributed by atoms with van der Waals surface area (Å²) in [6.07, 6.45) is 5.30. The smallest absolute Gasteiger partial charge is 0.310 e. The van der Waals surface area contributed by atoms with Crippen LogP contribution in [0.25, 0.3) is 0 Å². The van der Waals surface area contributed by atoms with E-state index in [4.69, 9.17) is 5.11 Å². The van der Waals surface area contributed by atoms with E-state index < -0.39 is 5.97 Å². The first-order chi connectivity index (χ1) is 6.52. The lowest BCUT2D eigenvalue weighted by molar-refractivity contribution is -0.141. The third-order valence-corrected chi connectivity index (χ3v) is 3.04. The summed E-state index contributed by atoms with van der Waals surface area (Å²) < 4.78 is 0. The first-order valence-electron chi connectivity index (χ1n) is 5.44. The van der Waals surface area contributed by atoms with E-state index in [1.807, 2.05) is 13.8 Å². The molecule has 0 aromatic rings. The fraction of sp³-hybridized carbons (Fsp3) is 0.750. The molecule has 2 unspecified atom stereocenters. The van der Waals surface area contributed by atoms with Crippen LogP contribution < -0.4 is 0 Å². The van der Waals surface area contributed by atoms with Crippen molar-refractivity contribution in [3.63, 3.8) is 0 Å². The lowest BCUT2D eigenvalue weighted by atomic mass is 9.80. The van der Waals surface area contributed by atoms with Gasteiger partial charge in [-0.1, -0.05) is 32.4 Å². The molecule has 1 aliphatic rings. The number of carboxylic acid groups (broad SMARTS) is 1. The quantitative estimate of drug-likeness (QED) is 0.704. The van der Waals surface area contributed by atoms with Crippen LogP contribution in [0.5, 0.6) is 0 Å². The molecule has 0 saturated carbocycles. The second-order valence-corrected chi connectivity index (χ2v) is 4.72. The molecule has 0 amide bonds. The zero-order valence-electron chi connectivity index (χ0n) is 9.29. The molecule has 0 aromatic heterocycles. The highest BCUT2D eigenvalue weighted by Gasteiger charge is 2.27. The van der Waals surface area contributed by atoms with Crippen molar-refractivity contribution in [3.8, 4) is 0 Å². The molecular formula is C12H20O2. The van der Waals surface area contributed by atoms with Crippen molar-refractivity contribution in [2.24, 2.45) is 17.8 Å². The van der Waals surface area contributed by atoms with Gasteiger partial charge in [0.15, 0.2) is 0 Å². The van der Waals surface area contributed by atoms with Gasteiger partial charge in [0.25, 0.3) is 0 Å². The van der Waals surface area contributed by atoms with Crippen LogP contribution in [-0.4, -0.2) is 11.1 Å². The van der Waals surface area contributed by atoms with Crippen molar-refractivity contribution in [3.05, 3.63) is 11.6 Å². The minimum Gasteiger partial charge on any atom is -0.481 e. The summed E-state index contributed by atoms with van der Waals surface area (Å²) in [5, 5.41) is 9.12. The Labute approximate surface area is 86.0 Å². The highest BCUT2D eigenvalue weighted by molar-refractivity contribution is 5.74. The van der Waals surface area contributed by atoms with Gasteiger partial charge in [0, 0.05) is 0 Å². The molecule has 2 atom stereocenters. The molecule has 0 radical (unpaired) electrons. The summed E-state index contributed by atoms with van der Waals surface area (Å²) in [6.45, 7) is 6.19. The van der Waals surface area contributed by atoms with Crippen LogP contribution in [0.4, 0.5) is 0 Å². The van der Waals surface area contributed by atoms with E-state index in [0.29, 0.717) is 0 Å². The molecule has 0 aliphatic heterocycles. The maximum Gasteiger partial charge on any atom is 0.310 e. The first-order valence-corrected chi connectivity index (χ1v) is 5.44. The fourth-order valence-corrected chi connectivity index (χ4v) is 2.14. The van der Waals surface area contributed by atoms with E-state index in [-0.39, 0.29) is 11.8 Å². The Morgan fingerprint density at radius 2 is 2.21 bits per heavy atom. The first kappa shape index (κ1) is 11.3. The molecule has 0 spiro atoms. The van der Waals surface area contributed by atoms with E-state index in [1.54, 1.807) is 0 Å². The van der Waals surface area contributed by atoms with Gasteiger partial charge >= 0.3 is 5.97 Å². The lowest BCUT2D eigenvalue weighted by Gasteiger charge is -2.25. The average Bonchev–Trinajstić information content (AvgIpc) is 2.07. The summed E-state index contributed by atoms with van der Waals surface area (Å²) in [7, 11) is 0. The van der Waals surface area contributed by atoms with Crippen LogP contribution >= 0.6 is 0 Å². The summed E-state index contributed by atoms with van der Waals surface area (Å²) in [5.41, 5.74) is 1.14. The molecule has 2 heteroatoms. The third kappa shape index (κ3) is 2.60. The molecule has 1 aliphatic carbocycles. The molecule has 1 N–H and O–H groups in total. The molecule has 0 saturated heterocycles. The predicted molar refractivity (Wildman–Crippen MR) is 57.1 cm³/mol. The number of aliphatic carboxylic acids is 1. The second kappa shape index (κ2) is 4.63.